The molecule has 1 aliphatic heterocycles. The number of esters is 2. The number of Topliss-reactive ketones (excluding diaryl/α,β-unsaturated/α-hetero) is 2. The molecule has 18 atom stereocenters. The predicted molar refractivity (Wildman–Crippen MR) is 230 cm³/mol. The van der Waals surface area contributed by atoms with E-state index in [9.17, 15) is 19.2 Å². The Morgan fingerprint density at radius 3 is 1.43 bits per heavy atom. The molecule has 8 heteroatoms. The lowest BCUT2D eigenvalue weighted by Gasteiger charge is -2.60. The van der Waals surface area contributed by atoms with Gasteiger partial charge in [0.2, 0.25) is 0 Å². The van der Waals surface area contributed by atoms with E-state index in [1.54, 1.807) is 0 Å². The fourth-order valence-corrected chi connectivity index (χ4v) is 17.9. The van der Waals surface area contributed by atoms with E-state index in [-0.39, 0.29) is 57.3 Å². The van der Waals surface area contributed by atoms with Crippen LogP contribution in [0, 0.1) is 92.7 Å². The minimum absolute atomic E-state index is 0.0507. The SMILES string of the molecule is C[C@H](C(=O)O[C@@H]1OC(c2ccccc2)O[C@H]1OC(=O)[C@@H](C)[C@H]1CC[C@H]2[C@@H]3CC[C@H]4CC(=O)CC[C@]4(C)[C@H]3CC[C@]12C)[C@H]1CC[C@H]2[C@@H]3CC[C@H]4CC(=O)CC[C@]4(C)[C@H]3CC[C@]12C. The van der Waals surface area contributed by atoms with E-state index >= 15 is 0 Å². The molecule has 0 spiro atoms. The molecule has 0 amide bonds. The van der Waals surface area contributed by atoms with Crippen LogP contribution in [0.25, 0.3) is 0 Å². The van der Waals surface area contributed by atoms with Gasteiger partial charge in [0.15, 0.2) is 6.29 Å². The quantitative estimate of drug-likeness (QED) is 0.250. The molecular weight excluding hydrogens is 765 g/mol. The van der Waals surface area contributed by atoms with Gasteiger partial charge in [0.25, 0.3) is 12.6 Å². The van der Waals surface area contributed by atoms with Gasteiger partial charge in [-0.2, -0.15) is 0 Å². The van der Waals surface area contributed by atoms with Crippen LogP contribution in [0.15, 0.2) is 30.3 Å². The van der Waals surface area contributed by atoms with E-state index in [4.69, 9.17) is 18.9 Å². The van der Waals surface area contributed by atoms with Crippen LogP contribution in [0.4, 0.5) is 0 Å². The van der Waals surface area contributed by atoms with Crippen LogP contribution >= 0.6 is 0 Å². The molecule has 10 rings (SSSR count). The molecule has 8 nitrogen and oxygen atoms in total. The second-order valence-corrected chi connectivity index (χ2v) is 23.5. The average molecular weight is 839 g/mol. The number of carbonyl (C=O) groups excluding carboxylic acids is 4. The first kappa shape index (κ1) is 42.4. The van der Waals surface area contributed by atoms with Gasteiger partial charge in [-0.3, -0.25) is 19.2 Å². The van der Waals surface area contributed by atoms with Gasteiger partial charge >= 0.3 is 11.9 Å². The Labute approximate surface area is 365 Å². The maximum absolute atomic E-state index is 14.4. The Kier molecular flexibility index (Phi) is 10.8. The highest BCUT2D eigenvalue weighted by molar-refractivity contribution is 5.80. The molecule has 1 aromatic carbocycles. The molecule has 0 unspecified atom stereocenters. The van der Waals surface area contributed by atoms with Crippen molar-refractivity contribution >= 4 is 23.5 Å². The van der Waals surface area contributed by atoms with E-state index in [0.29, 0.717) is 58.9 Å². The molecule has 0 N–H and O–H groups in total. The highest BCUT2D eigenvalue weighted by Crippen LogP contribution is 2.70. The van der Waals surface area contributed by atoms with Gasteiger partial charge in [0.05, 0.1) is 11.8 Å². The van der Waals surface area contributed by atoms with Gasteiger partial charge in [0, 0.05) is 31.2 Å². The van der Waals surface area contributed by atoms with Crippen LogP contribution in [0.2, 0.25) is 0 Å². The van der Waals surface area contributed by atoms with Crippen LogP contribution in [0.1, 0.15) is 169 Å². The Morgan fingerprint density at radius 1 is 0.557 bits per heavy atom. The Hall–Kier alpha value is -2.58. The third kappa shape index (κ3) is 6.77. The summed E-state index contributed by atoms with van der Waals surface area (Å²) in [7, 11) is 0. The molecular formula is C53H74O8. The summed E-state index contributed by atoms with van der Waals surface area (Å²) in [5.74, 6) is 4.87. The van der Waals surface area contributed by atoms with Crippen molar-refractivity contribution in [3.63, 3.8) is 0 Å². The molecule has 0 bridgehead atoms. The zero-order chi connectivity index (χ0) is 42.6. The summed E-state index contributed by atoms with van der Waals surface area (Å²) in [6.07, 6.45) is 15.5. The number of ether oxygens (including phenoxy) is 4. The number of hydrogen-bond acceptors (Lipinski definition) is 8. The lowest BCUT2D eigenvalue weighted by Crippen LogP contribution is -2.54. The molecule has 0 radical (unpaired) electrons. The van der Waals surface area contributed by atoms with Gasteiger partial charge in [-0.15, -0.1) is 0 Å². The molecule has 9 aliphatic rings. The highest BCUT2D eigenvalue weighted by Gasteiger charge is 2.63. The van der Waals surface area contributed by atoms with Crippen molar-refractivity contribution in [2.45, 2.75) is 176 Å². The molecule has 9 fully saturated rings. The summed E-state index contributed by atoms with van der Waals surface area (Å²) in [6.45, 7) is 14.0. The topological polar surface area (TPSA) is 105 Å². The second-order valence-electron chi connectivity index (χ2n) is 23.5. The van der Waals surface area contributed by atoms with Gasteiger partial charge in [-0.25, -0.2) is 0 Å². The molecule has 1 heterocycles. The molecule has 8 aliphatic carbocycles. The number of ketones is 2. The number of rotatable bonds is 7. The number of hydrogen-bond donors (Lipinski definition) is 0. The van der Waals surface area contributed by atoms with Crippen molar-refractivity contribution in [1.29, 1.82) is 0 Å². The van der Waals surface area contributed by atoms with Gasteiger partial charge in [-0.05, 0) is 171 Å². The molecule has 1 saturated heterocycles. The van der Waals surface area contributed by atoms with Crippen molar-refractivity contribution in [3.05, 3.63) is 35.9 Å². The van der Waals surface area contributed by atoms with Crippen molar-refractivity contribution in [1.82, 2.24) is 0 Å². The van der Waals surface area contributed by atoms with Crippen LogP contribution in [-0.4, -0.2) is 36.1 Å². The highest BCUT2D eigenvalue weighted by atomic mass is 16.9. The van der Waals surface area contributed by atoms with Crippen LogP contribution < -0.4 is 0 Å². The zero-order valence-corrected chi connectivity index (χ0v) is 38.0. The van der Waals surface area contributed by atoms with Gasteiger partial charge in [-0.1, -0.05) is 71.9 Å². The third-order valence-corrected chi connectivity index (χ3v) is 21.3. The van der Waals surface area contributed by atoms with Crippen molar-refractivity contribution in [2.24, 2.45) is 92.7 Å². The minimum Gasteiger partial charge on any atom is -0.428 e. The predicted octanol–water partition coefficient (Wildman–Crippen LogP) is 11.2. The summed E-state index contributed by atoms with van der Waals surface area (Å²) >= 11 is 0. The first-order valence-corrected chi connectivity index (χ1v) is 24.9. The summed E-state index contributed by atoms with van der Waals surface area (Å²) in [5, 5.41) is 0. The van der Waals surface area contributed by atoms with Gasteiger partial charge in [0.1, 0.15) is 11.6 Å². The summed E-state index contributed by atoms with van der Waals surface area (Å²) in [5.41, 5.74) is 1.40. The molecule has 8 saturated carbocycles. The Balaban J connectivity index is 0.815. The van der Waals surface area contributed by atoms with Crippen molar-refractivity contribution in [2.75, 3.05) is 0 Å². The van der Waals surface area contributed by atoms with E-state index < -0.39 is 18.9 Å². The van der Waals surface area contributed by atoms with E-state index in [0.717, 1.165) is 95.5 Å². The van der Waals surface area contributed by atoms with Gasteiger partial charge < -0.3 is 18.9 Å². The van der Waals surface area contributed by atoms with Crippen LogP contribution in [-0.2, 0) is 38.1 Å². The Bertz CT molecular complexity index is 1770. The summed E-state index contributed by atoms with van der Waals surface area (Å²) in [6, 6.07) is 9.62. The normalized spacial score (nSPS) is 48.7. The fraction of sp³-hybridized carbons (Fsp3) is 0.811. The molecule has 1 aromatic rings. The number of fused-ring (bicyclic) bond motifs is 10. The maximum atomic E-state index is 14.4. The summed E-state index contributed by atoms with van der Waals surface area (Å²) in [4.78, 5) is 53.7. The molecule has 61 heavy (non-hydrogen) atoms. The fourth-order valence-electron chi connectivity index (χ4n) is 17.9. The second kappa shape index (κ2) is 15.5. The molecule has 0 aromatic heterocycles. The maximum Gasteiger partial charge on any atom is 0.311 e. The zero-order valence-electron chi connectivity index (χ0n) is 38.0. The van der Waals surface area contributed by atoms with E-state index in [1.807, 2.05) is 44.2 Å². The summed E-state index contributed by atoms with van der Waals surface area (Å²) < 4.78 is 25.3. The first-order valence-electron chi connectivity index (χ1n) is 24.9. The van der Waals surface area contributed by atoms with Crippen molar-refractivity contribution in [3.8, 4) is 0 Å². The first-order chi connectivity index (χ1) is 29.1. The van der Waals surface area contributed by atoms with Crippen LogP contribution in [0.5, 0.6) is 0 Å². The number of carbonyl (C=O) groups is 4. The smallest absolute Gasteiger partial charge is 0.311 e. The van der Waals surface area contributed by atoms with E-state index in [1.165, 1.54) is 25.7 Å². The number of benzene rings is 1. The Morgan fingerprint density at radius 2 is 0.984 bits per heavy atom. The van der Waals surface area contributed by atoms with Crippen molar-refractivity contribution < 1.29 is 38.1 Å². The monoisotopic (exact) mass is 839 g/mol. The largest absolute Gasteiger partial charge is 0.428 e. The lowest BCUT2D eigenvalue weighted by molar-refractivity contribution is -0.213. The molecule has 334 valence electrons. The standard InChI is InChI=1S/C53H74O8/c1-30(39-16-18-41-37-14-12-33-28-35(54)20-24-50(33,3)43(37)22-26-52(39,41)5)45(56)58-48-49(61-47(60-48)32-10-8-7-9-11-32)59-46(57)31(2)40-17-19-42-38-15-13-34-29-36(55)21-25-51(34,4)44(38)23-27-53(40,42)6/h7-11,30-31,33-34,37-44,47-49H,12-29H2,1-6H3/t30-,31-,33-,34-,37-,38-,39+,40+,41-,42-,43-,44-,48+,49+,50-,51-,52+,53+/m0/s1. The lowest BCUT2D eigenvalue weighted by atomic mass is 9.44. The van der Waals surface area contributed by atoms with E-state index in [2.05, 4.69) is 27.7 Å². The van der Waals surface area contributed by atoms with Crippen LogP contribution in [0.3, 0.4) is 0 Å². The average Bonchev–Trinajstić information content (AvgIpc) is 3.93. The minimum atomic E-state index is -1.16. The third-order valence-electron chi connectivity index (χ3n) is 21.3.